The highest BCUT2D eigenvalue weighted by molar-refractivity contribution is 7.98. The Morgan fingerprint density at radius 2 is 2.00 bits per heavy atom. The average Bonchev–Trinajstić information content (AvgIpc) is 3.19. The van der Waals surface area contributed by atoms with E-state index in [0.717, 1.165) is 27.7 Å². The van der Waals surface area contributed by atoms with Crippen LogP contribution in [-0.4, -0.2) is 20.9 Å². The molecule has 0 atom stereocenters. The molecule has 3 rings (SSSR count). The second kappa shape index (κ2) is 7.41. The molecule has 0 aliphatic heterocycles. The van der Waals surface area contributed by atoms with Crippen molar-refractivity contribution in [2.45, 2.75) is 38.6 Å². The van der Waals surface area contributed by atoms with Gasteiger partial charge >= 0.3 is 0 Å². The number of carbonyl (C=O) groups excluding carboxylic acids is 1. The van der Waals surface area contributed by atoms with Gasteiger partial charge in [0.2, 0.25) is 5.91 Å². The van der Waals surface area contributed by atoms with Gasteiger partial charge in [-0.25, -0.2) is 9.97 Å². The number of rotatable bonds is 5. The number of amides is 1. The molecule has 1 N–H and O–H groups in total. The normalized spacial score (nSPS) is 10.9. The number of thioether (sulfide) groups is 1. The molecule has 0 unspecified atom stereocenters. The van der Waals surface area contributed by atoms with Crippen LogP contribution in [0.15, 0.2) is 35.1 Å². The summed E-state index contributed by atoms with van der Waals surface area (Å²) in [6.45, 7) is 7.71. The Labute approximate surface area is 155 Å². The minimum atomic E-state index is -0.0327. The molecule has 0 radical (unpaired) electrons. The molecule has 0 fully saturated rings. The van der Waals surface area contributed by atoms with Crippen molar-refractivity contribution < 1.29 is 4.79 Å². The van der Waals surface area contributed by atoms with E-state index in [1.807, 2.05) is 19.2 Å². The Morgan fingerprint density at radius 3 is 2.60 bits per heavy atom. The second-order valence-electron chi connectivity index (χ2n) is 5.91. The number of hydrogen-bond donors (Lipinski definition) is 1. The fourth-order valence-electron chi connectivity index (χ4n) is 2.85. The highest BCUT2D eigenvalue weighted by atomic mass is 32.2. The highest BCUT2D eigenvalue weighted by Gasteiger charge is 2.21. The van der Waals surface area contributed by atoms with E-state index in [9.17, 15) is 4.79 Å². The predicted molar refractivity (Wildman–Crippen MR) is 104 cm³/mol. The third-order valence-electron chi connectivity index (χ3n) is 3.73. The van der Waals surface area contributed by atoms with E-state index in [1.54, 1.807) is 36.0 Å². The largest absolute Gasteiger partial charge is 0.340 e. The van der Waals surface area contributed by atoms with Crippen LogP contribution in [-0.2, 0) is 10.5 Å². The van der Waals surface area contributed by atoms with Gasteiger partial charge in [0.25, 0.3) is 0 Å². The third kappa shape index (κ3) is 3.93. The van der Waals surface area contributed by atoms with E-state index in [0.29, 0.717) is 10.9 Å². The number of carbonyl (C=O) groups is 1. The predicted octanol–water partition coefficient (Wildman–Crippen LogP) is 4.77. The maximum absolute atomic E-state index is 12.4. The van der Waals surface area contributed by atoms with E-state index in [4.69, 9.17) is 0 Å². The van der Waals surface area contributed by atoms with Crippen molar-refractivity contribution in [3.63, 3.8) is 0 Å². The minimum Gasteiger partial charge on any atom is -0.340 e. The lowest BCUT2D eigenvalue weighted by molar-refractivity contribution is -0.115. The zero-order valence-electron chi connectivity index (χ0n) is 14.7. The molecule has 0 bridgehead atoms. The molecule has 0 spiro atoms. The van der Waals surface area contributed by atoms with Gasteiger partial charge in [-0.05, 0) is 31.9 Å². The zero-order valence-corrected chi connectivity index (χ0v) is 16.3. The van der Waals surface area contributed by atoms with Crippen molar-refractivity contribution >= 4 is 39.8 Å². The number of imidazole rings is 1. The molecule has 0 saturated carbocycles. The van der Waals surface area contributed by atoms with Gasteiger partial charge in [-0.1, -0.05) is 29.5 Å². The first-order valence-electron chi connectivity index (χ1n) is 7.91. The van der Waals surface area contributed by atoms with Crippen LogP contribution in [0.3, 0.4) is 0 Å². The number of aryl methyl sites for hydroxylation is 3. The molecule has 0 saturated heterocycles. The van der Waals surface area contributed by atoms with Crippen molar-refractivity contribution in [2.75, 3.05) is 4.90 Å². The number of aromatic amines is 1. The molecule has 2 heterocycles. The second-order valence-corrected chi connectivity index (χ2v) is 7.71. The molecular weight excluding hydrogens is 352 g/mol. The summed E-state index contributed by atoms with van der Waals surface area (Å²) in [5.74, 6) is 0.677. The average molecular weight is 373 g/mol. The number of aromatic nitrogens is 3. The number of nitrogens with one attached hydrogen (secondary N) is 1. The molecule has 0 aliphatic rings. The Balaban J connectivity index is 1.88. The lowest BCUT2D eigenvalue weighted by Gasteiger charge is -2.23. The summed E-state index contributed by atoms with van der Waals surface area (Å²) in [5, 5.41) is 3.57. The number of anilines is 2. The van der Waals surface area contributed by atoms with Gasteiger partial charge in [0.05, 0.1) is 11.4 Å². The van der Waals surface area contributed by atoms with Gasteiger partial charge in [-0.15, -0.1) is 11.3 Å². The molecule has 3 aromatic rings. The Bertz CT molecular complexity index is 863. The molecule has 130 valence electrons. The Kier molecular flexibility index (Phi) is 5.24. The molecule has 25 heavy (non-hydrogen) atoms. The standard InChI is InChI=1S/C18H20N4OS2/c1-11-7-12(2)16(13(3)8-11)22(14(4)23)18-21-15(10-25-18)9-24-17-19-5-6-20-17/h5-8,10H,9H2,1-4H3,(H,19,20). The molecule has 7 heteroatoms. The van der Waals surface area contributed by atoms with E-state index in [-0.39, 0.29) is 5.91 Å². The SMILES string of the molecule is CC(=O)N(c1nc(CSc2ncc[nH]2)cs1)c1c(C)cc(C)cc1C. The summed E-state index contributed by atoms with van der Waals surface area (Å²) in [6.07, 6.45) is 3.53. The van der Waals surface area contributed by atoms with Crippen molar-refractivity contribution in [2.24, 2.45) is 0 Å². The first kappa shape index (κ1) is 17.7. The summed E-state index contributed by atoms with van der Waals surface area (Å²) in [6, 6.07) is 4.19. The monoisotopic (exact) mass is 372 g/mol. The van der Waals surface area contributed by atoms with Crippen molar-refractivity contribution in [3.05, 3.63) is 52.3 Å². The van der Waals surface area contributed by atoms with Crippen LogP contribution in [0.1, 0.15) is 29.3 Å². The van der Waals surface area contributed by atoms with Crippen LogP contribution in [0.5, 0.6) is 0 Å². The quantitative estimate of drug-likeness (QED) is 0.656. The number of benzene rings is 1. The lowest BCUT2D eigenvalue weighted by Crippen LogP contribution is -2.24. The number of hydrogen-bond acceptors (Lipinski definition) is 5. The van der Waals surface area contributed by atoms with Crippen LogP contribution in [0, 0.1) is 20.8 Å². The summed E-state index contributed by atoms with van der Waals surface area (Å²) >= 11 is 3.08. The van der Waals surface area contributed by atoms with Gasteiger partial charge < -0.3 is 4.98 Å². The molecule has 1 aromatic carbocycles. The molecular formula is C18H20N4OS2. The van der Waals surface area contributed by atoms with E-state index < -0.39 is 0 Å². The van der Waals surface area contributed by atoms with Gasteiger partial charge in [0.15, 0.2) is 10.3 Å². The van der Waals surface area contributed by atoms with E-state index in [1.165, 1.54) is 16.9 Å². The number of nitrogens with zero attached hydrogens (tertiary/aromatic N) is 3. The van der Waals surface area contributed by atoms with E-state index in [2.05, 4.69) is 34.0 Å². The maximum atomic E-state index is 12.4. The van der Waals surface area contributed by atoms with Crippen molar-refractivity contribution in [3.8, 4) is 0 Å². The smallest absolute Gasteiger partial charge is 0.230 e. The van der Waals surface area contributed by atoms with Crippen LogP contribution in [0.4, 0.5) is 10.8 Å². The summed E-state index contributed by atoms with van der Waals surface area (Å²) in [4.78, 5) is 26.0. The first-order chi connectivity index (χ1) is 12.0. The Hall–Kier alpha value is -2.12. The topological polar surface area (TPSA) is 61.9 Å². The maximum Gasteiger partial charge on any atom is 0.230 e. The van der Waals surface area contributed by atoms with Crippen LogP contribution < -0.4 is 4.90 Å². The van der Waals surface area contributed by atoms with Gasteiger partial charge in [0, 0.05) is 30.5 Å². The van der Waals surface area contributed by atoms with Gasteiger partial charge in [0.1, 0.15) is 0 Å². The van der Waals surface area contributed by atoms with Crippen LogP contribution in [0.2, 0.25) is 0 Å². The van der Waals surface area contributed by atoms with Gasteiger partial charge in [-0.3, -0.25) is 9.69 Å². The molecule has 5 nitrogen and oxygen atoms in total. The third-order valence-corrected chi connectivity index (χ3v) is 5.55. The van der Waals surface area contributed by atoms with Crippen LogP contribution >= 0.6 is 23.1 Å². The first-order valence-corrected chi connectivity index (χ1v) is 9.77. The summed E-state index contributed by atoms with van der Waals surface area (Å²) < 4.78 is 0. The summed E-state index contributed by atoms with van der Waals surface area (Å²) in [7, 11) is 0. The summed E-state index contributed by atoms with van der Waals surface area (Å²) in [5.41, 5.74) is 5.22. The van der Waals surface area contributed by atoms with E-state index >= 15 is 0 Å². The minimum absolute atomic E-state index is 0.0327. The number of H-pyrrole nitrogens is 1. The number of thiazole rings is 1. The van der Waals surface area contributed by atoms with Crippen molar-refractivity contribution in [1.29, 1.82) is 0 Å². The van der Waals surface area contributed by atoms with Gasteiger partial charge in [-0.2, -0.15) is 0 Å². The molecule has 1 amide bonds. The molecule has 0 aliphatic carbocycles. The zero-order chi connectivity index (χ0) is 18.0. The Morgan fingerprint density at radius 1 is 1.28 bits per heavy atom. The van der Waals surface area contributed by atoms with Crippen molar-refractivity contribution in [1.82, 2.24) is 15.0 Å². The highest BCUT2D eigenvalue weighted by Crippen LogP contribution is 2.35. The molecule has 2 aromatic heterocycles. The lowest BCUT2D eigenvalue weighted by atomic mass is 10.0. The fourth-order valence-corrected chi connectivity index (χ4v) is 4.55. The fraction of sp³-hybridized carbons (Fsp3) is 0.278. The van der Waals surface area contributed by atoms with Crippen LogP contribution in [0.25, 0.3) is 0 Å².